The lowest BCUT2D eigenvalue weighted by Gasteiger charge is -2.04. The molecule has 0 saturated heterocycles. The Morgan fingerprint density at radius 1 is 1.00 bits per heavy atom. The van der Waals surface area contributed by atoms with Crippen LogP contribution in [0.15, 0.2) is 54.9 Å². The molecule has 0 atom stereocenters. The van der Waals surface area contributed by atoms with Gasteiger partial charge in [-0.05, 0) is 52.9 Å². The smallest absolute Gasteiger partial charge is 0.100 e. The quantitative estimate of drug-likeness (QED) is 0.626. The summed E-state index contributed by atoms with van der Waals surface area (Å²) >= 11 is 2.32. The maximum atomic E-state index is 4.39. The van der Waals surface area contributed by atoms with E-state index in [0.29, 0.717) is 0 Å². The summed E-state index contributed by atoms with van der Waals surface area (Å²) in [6, 6.07) is 16.5. The van der Waals surface area contributed by atoms with Gasteiger partial charge in [-0.3, -0.25) is 4.57 Å². The molecule has 0 saturated carbocycles. The summed E-state index contributed by atoms with van der Waals surface area (Å²) < 4.78 is 3.34. The lowest BCUT2D eigenvalue weighted by Crippen LogP contribution is -1.91. The number of hydrogen-bond donors (Lipinski definition) is 0. The summed E-state index contributed by atoms with van der Waals surface area (Å²) in [5.41, 5.74) is 3.33. The lowest BCUT2D eigenvalue weighted by molar-refractivity contribution is 1.09. The van der Waals surface area contributed by atoms with Gasteiger partial charge in [0.25, 0.3) is 0 Å². The fraction of sp³-hybridized carbons (Fsp3) is 0. The zero-order valence-corrected chi connectivity index (χ0v) is 10.6. The van der Waals surface area contributed by atoms with Crippen molar-refractivity contribution in [1.29, 1.82) is 0 Å². The molecule has 3 aromatic rings. The molecule has 0 amide bonds. The summed E-state index contributed by atoms with van der Waals surface area (Å²) in [5, 5.41) is 0. The molecule has 1 aromatic heterocycles. The van der Waals surface area contributed by atoms with Crippen LogP contribution in [-0.4, -0.2) is 9.55 Å². The van der Waals surface area contributed by atoms with Crippen LogP contribution in [0.4, 0.5) is 0 Å². The van der Waals surface area contributed by atoms with Crippen molar-refractivity contribution in [3.8, 4) is 5.69 Å². The number of imidazole rings is 1. The van der Waals surface area contributed by atoms with Crippen LogP contribution < -0.4 is 0 Å². The monoisotopic (exact) mass is 320 g/mol. The van der Waals surface area contributed by atoms with Gasteiger partial charge in [0.1, 0.15) is 6.33 Å². The van der Waals surface area contributed by atoms with Crippen molar-refractivity contribution in [2.75, 3.05) is 0 Å². The van der Waals surface area contributed by atoms with Crippen molar-refractivity contribution >= 4 is 33.6 Å². The first kappa shape index (κ1) is 9.84. The summed E-state index contributed by atoms with van der Waals surface area (Å²) in [5.74, 6) is 0. The zero-order chi connectivity index (χ0) is 11.0. The fourth-order valence-electron chi connectivity index (χ4n) is 1.79. The van der Waals surface area contributed by atoms with Crippen molar-refractivity contribution in [3.05, 3.63) is 58.4 Å². The minimum Gasteiger partial charge on any atom is -0.299 e. The summed E-state index contributed by atoms with van der Waals surface area (Å²) in [7, 11) is 0. The van der Waals surface area contributed by atoms with Gasteiger partial charge in [0.05, 0.1) is 11.0 Å². The van der Waals surface area contributed by atoms with Crippen molar-refractivity contribution < 1.29 is 0 Å². The highest BCUT2D eigenvalue weighted by Crippen LogP contribution is 2.19. The van der Waals surface area contributed by atoms with Crippen molar-refractivity contribution in [1.82, 2.24) is 9.55 Å². The third kappa shape index (κ3) is 1.61. The highest BCUT2D eigenvalue weighted by molar-refractivity contribution is 14.1. The molecule has 2 nitrogen and oxygen atoms in total. The number of halogens is 1. The molecule has 2 aromatic carbocycles. The number of hydrogen-bond acceptors (Lipinski definition) is 1. The maximum Gasteiger partial charge on any atom is 0.100 e. The number of nitrogens with zero attached hydrogens (tertiary/aromatic N) is 2. The lowest BCUT2D eigenvalue weighted by atomic mass is 10.3. The molecule has 0 aliphatic rings. The standard InChI is InChI=1S/C13H9IN2/c14-10-4-3-5-11(8-10)16-9-15-12-6-1-2-7-13(12)16/h1-9H. The molecule has 3 heteroatoms. The van der Waals surface area contributed by atoms with Gasteiger partial charge in [0.15, 0.2) is 0 Å². The second kappa shape index (κ2) is 3.90. The highest BCUT2D eigenvalue weighted by Gasteiger charge is 2.03. The maximum absolute atomic E-state index is 4.39. The van der Waals surface area contributed by atoms with E-state index in [-0.39, 0.29) is 0 Å². The molecular formula is C13H9IN2. The number of rotatable bonds is 1. The van der Waals surface area contributed by atoms with E-state index in [0.717, 1.165) is 16.7 Å². The van der Waals surface area contributed by atoms with Crippen LogP contribution in [0.2, 0.25) is 0 Å². The minimum atomic E-state index is 1.03. The largest absolute Gasteiger partial charge is 0.299 e. The molecule has 0 bridgehead atoms. The Morgan fingerprint density at radius 3 is 2.75 bits per heavy atom. The van der Waals surface area contributed by atoms with E-state index >= 15 is 0 Å². The second-order valence-corrected chi connectivity index (χ2v) is 4.83. The first-order chi connectivity index (χ1) is 7.84. The SMILES string of the molecule is Ic1cccc(-n2cnc3ccccc32)c1. The Labute approximate surface area is 107 Å². The fourth-order valence-corrected chi connectivity index (χ4v) is 2.32. The highest BCUT2D eigenvalue weighted by atomic mass is 127. The summed E-state index contributed by atoms with van der Waals surface area (Å²) in [4.78, 5) is 4.39. The average Bonchev–Trinajstić information content (AvgIpc) is 2.72. The number of para-hydroxylation sites is 2. The molecule has 3 rings (SSSR count). The summed E-state index contributed by atoms with van der Waals surface area (Å²) in [6.45, 7) is 0. The second-order valence-electron chi connectivity index (χ2n) is 3.58. The van der Waals surface area contributed by atoms with Crippen molar-refractivity contribution in [3.63, 3.8) is 0 Å². The van der Waals surface area contributed by atoms with Gasteiger partial charge in [0.2, 0.25) is 0 Å². The molecule has 0 unspecified atom stereocenters. The van der Waals surface area contributed by atoms with Crippen LogP contribution in [0.25, 0.3) is 16.7 Å². The molecule has 1 heterocycles. The Balaban J connectivity index is 2.26. The first-order valence-electron chi connectivity index (χ1n) is 5.02. The van der Waals surface area contributed by atoms with Crippen LogP contribution in [0, 0.1) is 3.57 Å². The van der Waals surface area contributed by atoms with Gasteiger partial charge >= 0.3 is 0 Å². The van der Waals surface area contributed by atoms with Gasteiger partial charge in [0, 0.05) is 9.26 Å². The van der Waals surface area contributed by atoms with Gasteiger partial charge in [-0.15, -0.1) is 0 Å². The van der Waals surface area contributed by atoms with Gasteiger partial charge in [-0.1, -0.05) is 18.2 Å². The third-order valence-corrected chi connectivity index (χ3v) is 3.21. The Kier molecular flexibility index (Phi) is 2.40. The van der Waals surface area contributed by atoms with E-state index in [1.54, 1.807) is 0 Å². The van der Waals surface area contributed by atoms with Gasteiger partial charge in [-0.2, -0.15) is 0 Å². The van der Waals surface area contributed by atoms with E-state index in [2.05, 4.69) is 62.5 Å². The Hall–Kier alpha value is -1.36. The topological polar surface area (TPSA) is 17.8 Å². The molecule has 0 aliphatic carbocycles. The molecule has 0 aliphatic heterocycles. The number of fused-ring (bicyclic) bond motifs is 1. The van der Waals surface area contributed by atoms with Crippen LogP contribution in [0.3, 0.4) is 0 Å². The predicted octanol–water partition coefficient (Wildman–Crippen LogP) is 3.63. The average molecular weight is 320 g/mol. The Morgan fingerprint density at radius 2 is 1.88 bits per heavy atom. The van der Waals surface area contributed by atoms with Crippen molar-refractivity contribution in [2.24, 2.45) is 0 Å². The minimum absolute atomic E-state index is 1.03. The van der Waals surface area contributed by atoms with E-state index in [1.165, 1.54) is 3.57 Å². The van der Waals surface area contributed by atoms with E-state index < -0.39 is 0 Å². The Bertz CT molecular complexity index is 643. The van der Waals surface area contributed by atoms with Crippen LogP contribution in [0.1, 0.15) is 0 Å². The van der Waals surface area contributed by atoms with Gasteiger partial charge in [-0.25, -0.2) is 4.98 Å². The molecular weight excluding hydrogens is 311 g/mol. The van der Waals surface area contributed by atoms with E-state index in [4.69, 9.17) is 0 Å². The molecule has 0 N–H and O–H groups in total. The molecule has 0 spiro atoms. The number of benzene rings is 2. The van der Waals surface area contributed by atoms with Crippen LogP contribution in [-0.2, 0) is 0 Å². The van der Waals surface area contributed by atoms with Gasteiger partial charge < -0.3 is 0 Å². The molecule has 0 radical (unpaired) electrons. The molecule has 0 fully saturated rings. The molecule has 16 heavy (non-hydrogen) atoms. The van der Waals surface area contributed by atoms with Crippen LogP contribution in [0.5, 0.6) is 0 Å². The zero-order valence-electron chi connectivity index (χ0n) is 8.47. The third-order valence-electron chi connectivity index (χ3n) is 2.54. The van der Waals surface area contributed by atoms with E-state index in [9.17, 15) is 0 Å². The van der Waals surface area contributed by atoms with Crippen LogP contribution >= 0.6 is 22.6 Å². The first-order valence-corrected chi connectivity index (χ1v) is 6.10. The van der Waals surface area contributed by atoms with E-state index in [1.807, 2.05) is 24.5 Å². The van der Waals surface area contributed by atoms with Crippen molar-refractivity contribution in [2.45, 2.75) is 0 Å². The normalized spacial score (nSPS) is 10.8. The molecule has 78 valence electrons. The predicted molar refractivity (Wildman–Crippen MR) is 73.8 cm³/mol. The summed E-state index contributed by atoms with van der Waals surface area (Å²) in [6.07, 6.45) is 1.87. The number of aromatic nitrogens is 2.